The second kappa shape index (κ2) is 4.14. The second-order valence-corrected chi connectivity index (χ2v) is 5.90. The van der Waals surface area contributed by atoms with Gasteiger partial charge in [0.05, 0.1) is 28.8 Å². The van der Waals surface area contributed by atoms with Crippen molar-refractivity contribution in [3.63, 3.8) is 0 Å². The lowest BCUT2D eigenvalue weighted by atomic mass is 10.0. The van der Waals surface area contributed by atoms with Crippen LogP contribution in [0.25, 0.3) is 5.52 Å². The molecule has 2 aromatic rings. The van der Waals surface area contributed by atoms with E-state index in [1.165, 1.54) is 0 Å². The molecule has 1 aliphatic heterocycles. The van der Waals surface area contributed by atoms with Crippen molar-refractivity contribution in [1.29, 1.82) is 0 Å². The molecule has 0 atom stereocenters. The number of nitrogens with zero attached hydrogens (tertiary/aromatic N) is 3. The minimum absolute atomic E-state index is 0.123. The Labute approximate surface area is 112 Å². The van der Waals surface area contributed by atoms with E-state index in [0.29, 0.717) is 0 Å². The van der Waals surface area contributed by atoms with Gasteiger partial charge in [-0.15, -0.1) is 0 Å². The van der Waals surface area contributed by atoms with Gasteiger partial charge in [0.1, 0.15) is 0 Å². The number of hydrogen-bond acceptors (Lipinski definition) is 3. The number of fused-ring (bicyclic) bond motifs is 1. The third kappa shape index (κ3) is 2.06. The molecule has 0 unspecified atom stereocenters. The number of aromatic nitrogens is 2. The Kier molecular flexibility index (Phi) is 2.72. The minimum Gasteiger partial charge on any atom is -0.367 e. The Morgan fingerprint density at radius 2 is 2.28 bits per heavy atom. The third-order valence-corrected chi connectivity index (χ3v) is 3.58. The largest absolute Gasteiger partial charge is 0.367 e. The maximum Gasteiger partial charge on any atom is 0.0993 e. The monoisotopic (exact) mass is 264 g/mol. The number of imidazole rings is 1. The number of hydrogen-bond donors (Lipinski definition) is 1. The van der Waals surface area contributed by atoms with E-state index in [4.69, 9.17) is 11.6 Å². The van der Waals surface area contributed by atoms with Crippen LogP contribution in [0, 0.1) is 0 Å². The third-order valence-electron chi connectivity index (χ3n) is 3.38. The van der Waals surface area contributed by atoms with Crippen molar-refractivity contribution in [3.8, 4) is 0 Å². The van der Waals surface area contributed by atoms with Gasteiger partial charge in [-0.05, 0) is 19.9 Å². The number of pyridine rings is 1. The van der Waals surface area contributed by atoms with Crippen molar-refractivity contribution in [2.45, 2.75) is 19.4 Å². The van der Waals surface area contributed by atoms with Gasteiger partial charge in [-0.2, -0.15) is 0 Å². The Morgan fingerprint density at radius 3 is 3.06 bits per heavy atom. The predicted molar refractivity (Wildman–Crippen MR) is 74.5 cm³/mol. The van der Waals surface area contributed by atoms with Crippen molar-refractivity contribution in [3.05, 3.63) is 29.8 Å². The summed E-state index contributed by atoms with van der Waals surface area (Å²) >= 11 is 6.18. The van der Waals surface area contributed by atoms with Crippen LogP contribution >= 0.6 is 11.6 Å². The minimum atomic E-state index is 0.123. The molecule has 1 aliphatic rings. The Hall–Kier alpha value is -1.26. The molecule has 0 saturated carbocycles. The fourth-order valence-electron chi connectivity index (χ4n) is 2.58. The fraction of sp³-hybridized carbons (Fsp3) is 0.462. The maximum absolute atomic E-state index is 6.18. The van der Waals surface area contributed by atoms with E-state index in [0.717, 1.165) is 35.9 Å². The lowest BCUT2D eigenvalue weighted by Crippen LogP contribution is -2.57. The Balaban J connectivity index is 2.05. The molecule has 3 heterocycles. The number of rotatable bonds is 1. The molecular weight excluding hydrogens is 248 g/mol. The van der Waals surface area contributed by atoms with Crippen LogP contribution in [0.5, 0.6) is 0 Å². The highest BCUT2D eigenvalue weighted by Gasteiger charge is 2.26. The van der Waals surface area contributed by atoms with Crippen LogP contribution in [0.2, 0.25) is 5.02 Å². The van der Waals surface area contributed by atoms with Crippen molar-refractivity contribution in [1.82, 2.24) is 14.7 Å². The first kappa shape index (κ1) is 11.8. The van der Waals surface area contributed by atoms with E-state index in [-0.39, 0.29) is 5.54 Å². The zero-order chi connectivity index (χ0) is 12.8. The molecule has 0 aliphatic carbocycles. The Bertz CT molecular complexity index is 575. The van der Waals surface area contributed by atoms with Crippen LogP contribution in [0.15, 0.2) is 24.8 Å². The van der Waals surface area contributed by atoms with Gasteiger partial charge in [0.15, 0.2) is 0 Å². The van der Waals surface area contributed by atoms with Gasteiger partial charge in [0, 0.05) is 31.4 Å². The van der Waals surface area contributed by atoms with Crippen LogP contribution in [0.4, 0.5) is 5.69 Å². The summed E-state index contributed by atoms with van der Waals surface area (Å²) in [6, 6.07) is 2.03. The van der Waals surface area contributed by atoms with Crippen LogP contribution in [-0.4, -0.2) is 34.6 Å². The first-order valence-electron chi connectivity index (χ1n) is 6.16. The van der Waals surface area contributed by atoms with Crippen LogP contribution in [0.3, 0.4) is 0 Å². The number of nitrogens with one attached hydrogen (secondary N) is 1. The smallest absolute Gasteiger partial charge is 0.0993 e. The predicted octanol–water partition coefficient (Wildman–Crippen LogP) is 2.18. The van der Waals surface area contributed by atoms with E-state index in [1.807, 2.05) is 22.9 Å². The quantitative estimate of drug-likeness (QED) is 0.857. The van der Waals surface area contributed by atoms with E-state index in [2.05, 4.69) is 29.0 Å². The van der Waals surface area contributed by atoms with Crippen LogP contribution in [0.1, 0.15) is 13.8 Å². The van der Waals surface area contributed by atoms with Crippen LogP contribution < -0.4 is 10.2 Å². The second-order valence-electron chi connectivity index (χ2n) is 5.46. The lowest BCUT2D eigenvalue weighted by Gasteiger charge is -2.40. The van der Waals surface area contributed by atoms with Crippen LogP contribution in [-0.2, 0) is 0 Å². The first-order chi connectivity index (χ1) is 8.55. The summed E-state index contributed by atoms with van der Waals surface area (Å²) < 4.78 is 1.98. The summed E-state index contributed by atoms with van der Waals surface area (Å²) in [5.41, 5.74) is 2.39. The highest BCUT2D eigenvalue weighted by atomic mass is 35.5. The molecular formula is C13H17ClN4. The average Bonchev–Trinajstić information content (AvgIpc) is 2.74. The number of piperazine rings is 1. The van der Waals surface area contributed by atoms with Crippen molar-refractivity contribution in [2.75, 3.05) is 24.5 Å². The van der Waals surface area contributed by atoms with E-state index in [9.17, 15) is 0 Å². The molecule has 1 fully saturated rings. The SMILES string of the molecule is CC1(C)CN(c2cc(Cl)cn3cncc23)CCN1. The Morgan fingerprint density at radius 1 is 1.44 bits per heavy atom. The number of halogens is 1. The van der Waals surface area contributed by atoms with E-state index < -0.39 is 0 Å². The summed E-state index contributed by atoms with van der Waals surface area (Å²) in [4.78, 5) is 6.57. The summed E-state index contributed by atoms with van der Waals surface area (Å²) in [7, 11) is 0. The first-order valence-corrected chi connectivity index (χ1v) is 6.54. The molecule has 2 aromatic heterocycles. The van der Waals surface area contributed by atoms with E-state index >= 15 is 0 Å². The topological polar surface area (TPSA) is 32.6 Å². The van der Waals surface area contributed by atoms with Crippen molar-refractivity contribution in [2.24, 2.45) is 0 Å². The summed E-state index contributed by atoms with van der Waals surface area (Å²) in [5, 5.41) is 4.26. The highest BCUT2D eigenvalue weighted by molar-refractivity contribution is 6.30. The van der Waals surface area contributed by atoms with Crippen molar-refractivity contribution >= 4 is 22.8 Å². The van der Waals surface area contributed by atoms with Gasteiger partial charge in [0.2, 0.25) is 0 Å². The van der Waals surface area contributed by atoms with Gasteiger partial charge < -0.3 is 14.6 Å². The molecule has 18 heavy (non-hydrogen) atoms. The molecule has 0 spiro atoms. The molecule has 0 aromatic carbocycles. The zero-order valence-corrected chi connectivity index (χ0v) is 11.4. The summed E-state index contributed by atoms with van der Waals surface area (Å²) in [5.74, 6) is 0. The summed E-state index contributed by atoms with van der Waals surface area (Å²) in [6.07, 6.45) is 5.57. The van der Waals surface area contributed by atoms with E-state index in [1.54, 1.807) is 6.33 Å². The molecule has 96 valence electrons. The number of anilines is 1. The zero-order valence-electron chi connectivity index (χ0n) is 10.7. The highest BCUT2D eigenvalue weighted by Crippen LogP contribution is 2.27. The maximum atomic E-state index is 6.18. The molecule has 0 amide bonds. The van der Waals surface area contributed by atoms with Gasteiger partial charge in [0.25, 0.3) is 0 Å². The molecule has 3 rings (SSSR count). The normalized spacial score (nSPS) is 19.4. The molecule has 0 radical (unpaired) electrons. The molecule has 0 bridgehead atoms. The molecule has 4 nitrogen and oxygen atoms in total. The fourth-order valence-corrected chi connectivity index (χ4v) is 2.79. The standard InChI is InChI=1S/C13H17ClN4/c1-13(2)8-17(4-3-16-13)11-5-10(14)7-18-9-15-6-12(11)18/h5-7,9,16H,3-4,8H2,1-2H3. The van der Waals surface area contributed by atoms with Gasteiger partial charge in [-0.3, -0.25) is 0 Å². The molecule has 5 heteroatoms. The van der Waals surface area contributed by atoms with Gasteiger partial charge in [-0.1, -0.05) is 11.6 Å². The van der Waals surface area contributed by atoms with Gasteiger partial charge >= 0.3 is 0 Å². The lowest BCUT2D eigenvalue weighted by molar-refractivity contribution is 0.353. The summed E-state index contributed by atoms with van der Waals surface area (Å²) in [6.45, 7) is 7.38. The van der Waals surface area contributed by atoms with Gasteiger partial charge in [-0.25, -0.2) is 4.98 Å². The molecule has 1 N–H and O–H groups in total. The molecule has 1 saturated heterocycles. The van der Waals surface area contributed by atoms with Crippen molar-refractivity contribution < 1.29 is 0 Å². The average molecular weight is 265 g/mol.